The van der Waals surface area contributed by atoms with Crippen molar-refractivity contribution in [3.63, 3.8) is 0 Å². The summed E-state index contributed by atoms with van der Waals surface area (Å²) in [4.78, 5) is 10.4. The molecule has 0 fully saturated rings. The topological polar surface area (TPSA) is 88.1 Å². The number of aliphatic hydroxyl groups excluding tert-OH is 1. The molecule has 0 saturated carbocycles. The molecule has 1 aromatic heterocycles. The summed E-state index contributed by atoms with van der Waals surface area (Å²) in [5, 5.41) is 18.1. The Balaban J connectivity index is 0. The first-order valence-corrected chi connectivity index (χ1v) is 5.27. The van der Waals surface area contributed by atoms with Crippen molar-refractivity contribution in [3.05, 3.63) is 18.8 Å². The van der Waals surface area contributed by atoms with Crippen LogP contribution in [0.3, 0.4) is 0 Å². The van der Waals surface area contributed by atoms with Gasteiger partial charge in [-0.1, -0.05) is 20.8 Å². The van der Waals surface area contributed by atoms with Crippen molar-refractivity contribution in [1.82, 2.24) is 15.4 Å². The maximum absolute atomic E-state index is 10.4. The van der Waals surface area contributed by atoms with E-state index < -0.39 is 0 Å². The average Bonchev–Trinajstić information content (AvgIpc) is 2.70. The Morgan fingerprint density at radius 3 is 2.44 bits per heavy atom. The van der Waals surface area contributed by atoms with Crippen molar-refractivity contribution in [2.24, 2.45) is 5.41 Å². The maximum Gasteiger partial charge on any atom is 0.108 e. The summed E-state index contributed by atoms with van der Waals surface area (Å²) in [7, 11) is 0. The monoisotopic (exact) mass is 331 g/mol. The Bertz CT molecular complexity index is 310. The van der Waals surface area contributed by atoms with Gasteiger partial charge in [-0.15, -0.1) is 0 Å². The SMILES string of the molecule is OCCOCc1cn[nH]n1.[CH2-]C(=O)C(C)(C)C.[Y]. The molecule has 18 heavy (non-hydrogen) atoms. The molecule has 101 valence electrons. The van der Waals surface area contributed by atoms with E-state index in [1.807, 2.05) is 20.8 Å². The summed E-state index contributed by atoms with van der Waals surface area (Å²) in [5.74, 6) is -0.00694. The van der Waals surface area contributed by atoms with E-state index in [0.29, 0.717) is 13.2 Å². The number of carbonyl (C=O) groups excluding carboxylic acids is 1. The van der Waals surface area contributed by atoms with Gasteiger partial charge in [0, 0.05) is 38.5 Å². The summed E-state index contributed by atoms with van der Waals surface area (Å²) in [6.45, 7) is 9.60. The van der Waals surface area contributed by atoms with Gasteiger partial charge in [-0.25, -0.2) is 0 Å². The van der Waals surface area contributed by atoms with Crippen molar-refractivity contribution in [2.45, 2.75) is 27.4 Å². The Morgan fingerprint density at radius 1 is 1.56 bits per heavy atom. The zero-order chi connectivity index (χ0) is 13.3. The van der Waals surface area contributed by atoms with Crippen LogP contribution in [0.5, 0.6) is 0 Å². The molecule has 0 atom stereocenters. The molecule has 7 heteroatoms. The van der Waals surface area contributed by atoms with Gasteiger partial charge in [0.05, 0.1) is 26.0 Å². The third-order valence-electron chi connectivity index (χ3n) is 1.79. The molecule has 6 nitrogen and oxygen atoms in total. The van der Waals surface area contributed by atoms with Gasteiger partial charge in [0.2, 0.25) is 0 Å². The molecule has 0 aliphatic rings. The molecule has 1 aromatic rings. The van der Waals surface area contributed by atoms with Crippen molar-refractivity contribution < 1.29 is 47.3 Å². The van der Waals surface area contributed by atoms with E-state index in [9.17, 15) is 4.79 Å². The number of Topliss-reactive ketones (excluding diaryl/α,β-unsaturated/α-hetero) is 1. The number of aromatic amines is 1. The van der Waals surface area contributed by atoms with Crippen LogP contribution in [-0.4, -0.2) is 39.5 Å². The predicted octanol–water partition coefficient (Wildman–Crippen LogP) is 0.747. The van der Waals surface area contributed by atoms with Gasteiger partial charge < -0.3 is 21.6 Å². The number of aromatic nitrogens is 3. The Labute approximate surface area is 133 Å². The molecule has 0 amide bonds. The molecular weight excluding hydrogens is 311 g/mol. The summed E-state index contributed by atoms with van der Waals surface area (Å²) in [5.41, 5.74) is 0.494. The van der Waals surface area contributed by atoms with Crippen LogP contribution in [0.4, 0.5) is 0 Å². The fraction of sp³-hybridized carbons (Fsp3) is 0.636. The number of aliphatic hydroxyl groups is 1. The zero-order valence-corrected chi connectivity index (χ0v) is 14.0. The molecule has 0 unspecified atom stereocenters. The third-order valence-corrected chi connectivity index (χ3v) is 1.79. The second kappa shape index (κ2) is 10.6. The Kier molecular flexibility index (Phi) is 11.8. The quantitative estimate of drug-likeness (QED) is 0.628. The van der Waals surface area contributed by atoms with E-state index in [0.717, 1.165) is 5.69 Å². The summed E-state index contributed by atoms with van der Waals surface area (Å²) >= 11 is 0. The van der Waals surface area contributed by atoms with Crippen LogP contribution in [0.2, 0.25) is 0 Å². The molecule has 0 bridgehead atoms. The van der Waals surface area contributed by atoms with Crippen molar-refractivity contribution in [1.29, 1.82) is 0 Å². The van der Waals surface area contributed by atoms with E-state index in [2.05, 4.69) is 22.3 Å². The van der Waals surface area contributed by atoms with Crippen LogP contribution in [0, 0.1) is 12.3 Å². The molecule has 2 N–H and O–H groups in total. The molecule has 0 aliphatic carbocycles. The third kappa shape index (κ3) is 10.8. The zero-order valence-electron chi connectivity index (χ0n) is 11.1. The molecule has 0 spiro atoms. The minimum atomic E-state index is -0.250. The fourth-order valence-electron chi connectivity index (χ4n) is 0.536. The number of rotatable bonds is 4. The van der Waals surface area contributed by atoms with E-state index >= 15 is 0 Å². The van der Waals surface area contributed by atoms with Crippen LogP contribution < -0.4 is 0 Å². The number of H-pyrrole nitrogens is 1. The van der Waals surface area contributed by atoms with E-state index in [1.165, 1.54) is 0 Å². The van der Waals surface area contributed by atoms with Gasteiger partial charge in [-0.3, -0.25) is 0 Å². The van der Waals surface area contributed by atoms with Crippen LogP contribution in [-0.2, 0) is 48.8 Å². The number of hydrogen-bond donors (Lipinski definition) is 2. The van der Waals surface area contributed by atoms with Gasteiger partial charge >= 0.3 is 0 Å². The van der Waals surface area contributed by atoms with Crippen LogP contribution in [0.15, 0.2) is 6.20 Å². The fourth-order valence-corrected chi connectivity index (χ4v) is 0.536. The maximum atomic E-state index is 10.4. The number of nitrogens with one attached hydrogen (secondary N) is 1. The van der Waals surface area contributed by atoms with Gasteiger partial charge in [0.1, 0.15) is 5.69 Å². The van der Waals surface area contributed by atoms with Crippen LogP contribution in [0.25, 0.3) is 0 Å². The van der Waals surface area contributed by atoms with Gasteiger partial charge in [-0.05, 0) is 5.41 Å². The van der Waals surface area contributed by atoms with E-state index in [-0.39, 0.29) is 50.5 Å². The van der Waals surface area contributed by atoms with Crippen LogP contribution >= 0.6 is 0 Å². The molecular formula is C11H20N3O3Y-. The standard InChI is InChI=1S/C6H11O.C5H9N3O2.Y/c1-5(7)6(2,3)4;9-1-2-10-4-5-3-6-8-7-5;/h1H2,2-4H3;3,9H,1-2,4H2,(H,6,7,8);/q-1;;. The van der Waals surface area contributed by atoms with Crippen molar-refractivity contribution in [2.75, 3.05) is 13.2 Å². The number of ketones is 1. The van der Waals surface area contributed by atoms with Gasteiger partial charge in [0.25, 0.3) is 0 Å². The summed E-state index contributed by atoms with van der Waals surface area (Å²) in [6.07, 6.45) is 1.58. The Hall–Kier alpha value is -0.296. The smallest absolute Gasteiger partial charge is 0.108 e. The summed E-state index contributed by atoms with van der Waals surface area (Å²) < 4.78 is 4.95. The van der Waals surface area contributed by atoms with Gasteiger partial charge in [-0.2, -0.15) is 15.4 Å². The second-order valence-corrected chi connectivity index (χ2v) is 4.41. The molecule has 1 radical (unpaired) electrons. The molecule has 1 rings (SSSR count). The first kappa shape index (κ1) is 20.0. The molecule has 0 aromatic carbocycles. The summed E-state index contributed by atoms with van der Waals surface area (Å²) in [6, 6.07) is 0. The van der Waals surface area contributed by atoms with Gasteiger partial charge in [0.15, 0.2) is 0 Å². The number of carbonyl (C=O) groups is 1. The predicted molar refractivity (Wildman–Crippen MR) is 62.9 cm³/mol. The van der Waals surface area contributed by atoms with Crippen molar-refractivity contribution >= 4 is 5.78 Å². The van der Waals surface area contributed by atoms with E-state index in [1.54, 1.807) is 6.20 Å². The number of ether oxygens (including phenoxy) is 1. The largest absolute Gasteiger partial charge is 0.394 e. The van der Waals surface area contributed by atoms with E-state index in [4.69, 9.17) is 9.84 Å². The van der Waals surface area contributed by atoms with Crippen LogP contribution in [0.1, 0.15) is 26.5 Å². The minimum Gasteiger partial charge on any atom is -0.394 e. The van der Waals surface area contributed by atoms with Crippen molar-refractivity contribution in [3.8, 4) is 0 Å². The second-order valence-electron chi connectivity index (χ2n) is 4.41. The number of hydrogen-bond acceptors (Lipinski definition) is 5. The normalized spacial score (nSPS) is 10.0. The Morgan fingerprint density at radius 2 is 2.11 bits per heavy atom. The average molecular weight is 331 g/mol. The first-order valence-electron chi connectivity index (χ1n) is 5.27. The molecule has 0 aliphatic heterocycles. The number of nitrogens with zero attached hydrogens (tertiary/aromatic N) is 2. The minimum absolute atomic E-state index is 0. The molecule has 1 heterocycles. The first-order chi connectivity index (χ1) is 7.88. The molecule has 0 saturated heterocycles.